The van der Waals surface area contributed by atoms with Gasteiger partial charge in [0.1, 0.15) is 0 Å². The SMILES string of the molecule is CCCCC12[Si](C)(C)[Si](C)(C)C(CCCC)([Si](C)(C)[Si]1(C)C)[Si](C)(C)[Si]2(C)C. The van der Waals surface area contributed by atoms with Crippen LogP contribution in [0.15, 0.2) is 0 Å². The van der Waals surface area contributed by atoms with Gasteiger partial charge in [0.05, 0.1) is 0 Å². The Morgan fingerprint density at radius 3 is 0.714 bits per heavy atom. The predicted octanol–water partition coefficient (Wildman–Crippen LogP) is 8.52. The van der Waals surface area contributed by atoms with Crippen molar-refractivity contribution < 1.29 is 0 Å². The molecule has 0 saturated carbocycles. The lowest BCUT2D eigenvalue weighted by Crippen LogP contribution is -3.03. The molecule has 2 bridgehead atoms. The first-order valence-electron chi connectivity index (χ1n) is 12.4. The van der Waals surface area contributed by atoms with E-state index in [1.54, 1.807) is 12.8 Å². The van der Waals surface area contributed by atoms with E-state index in [0.717, 1.165) is 8.57 Å². The summed E-state index contributed by atoms with van der Waals surface area (Å²) in [7, 11) is -7.95. The second-order valence-electron chi connectivity index (χ2n) is 13.8. The van der Waals surface area contributed by atoms with Crippen LogP contribution in [0.1, 0.15) is 52.4 Å². The fourth-order valence-electron chi connectivity index (χ4n) is 10.6. The highest BCUT2D eigenvalue weighted by molar-refractivity contribution is 7.77. The van der Waals surface area contributed by atoms with E-state index in [9.17, 15) is 0 Å². The third-order valence-electron chi connectivity index (χ3n) is 12.9. The number of fused-ring (bicyclic) bond motifs is 3. The van der Waals surface area contributed by atoms with Crippen LogP contribution >= 0.6 is 0 Å². The molecular weight excluding hydrogens is 433 g/mol. The van der Waals surface area contributed by atoms with Gasteiger partial charge in [0.25, 0.3) is 0 Å². The van der Waals surface area contributed by atoms with Crippen LogP contribution in [0.4, 0.5) is 0 Å². The van der Waals surface area contributed by atoms with Gasteiger partial charge in [-0.25, -0.2) is 0 Å². The van der Waals surface area contributed by atoms with E-state index in [1.165, 1.54) is 25.7 Å². The monoisotopic (exact) mass is 486 g/mol. The van der Waals surface area contributed by atoms with Crippen LogP contribution in [0.2, 0.25) is 87.1 Å². The van der Waals surface area contributed by atoms with Gasteiger partial charge >= 0.3 is 0 Å². The van der Waals surface area contributed by atoms with Crippen molar-refractivity contribution in [1.82, 2.24) is 0 Å². The Balaban J connectivity index is 3.07. The summed E-state index contributed by atoms with van der Waals surface area (Å²) in [5.41, 5.74) is 0. The molecule has 3 saturated heterocycles. The zero-order valence-corrected chi connectivity index (χ0v) is 28.2. The Morgan fingerprint density at radius 2 is 0.571 bits per heavy atom. The van der Waals surface area contributed by atoms with Crippen LogP contribution in [0.5, 0.6) is 0 Å². The maximum Gasteiger partial charge on any atom is 0.0418 e. The predicted molar refractivity (Wildman–Crippen MR) is 149 cm³/mol. The molecule has 0 spiro atoms. The first-order valence-corrected chi connectivity index (χ1v) is 33.4. The molecule has 0 radical (unpaired) electrons. The van der Waals surface area contributed by atoms with Gasteiger partial charge < -0.3 is 0 Å². The van der Waals surface area contributed by atoms with Gasteiger partial charge in [-0.15, -0.1) is 0 Å². The fourth-order valence-corrected chi connectivity index (χ4v) is 155. The van der Waals surface area contributed by atoms with Crippen LogP contribution in [0.25, 0.3) is 0 Å². The van der Waals surface area contributed by atoms with E-state index in [2.05, 4.69) is 92.4 Å². The summed E-state index contributed by atoms with van der Waals surface area (Å²) in [4.78, 5) is 0. The summed E-state index contributed by atoms with van der Waals surface area (Å²) in [6.07, 6.45) is 9.15. The van der Waals surface area contributed by atoms with Crippen molar-refractivity contribution in [1.29, 1.82) is 0 Å². The molecule has 0 nitrogen and oxygen atoms in total. The smallest absolute Gasteiger partial charge is 0.0418 e. The first kappa shape index (κ1) is 25.6. The standard InChI is InChI=1S/C22H54Si6/c1-15-17-19-21-23(3,4)26(9,10)22(20-18-16-2,27(11,12)24(21,5)6)28(13,14)25(21,7)8/h15-20H2,1-14H3. The largest absolute Gasteiger partial charge is 0.0713 e. The molecule has 0 atom stereocenters. The first-order chi connectivity index (χ1) is 12.4. The summed E-state index contributed by atoms with van der Waals surface area (Å²) in [5.74, 6) is 0. The number of hydrogen-bond donors (Lipinski definition) is 0. The highest BCUT2D eigenvalue weighted by atomic mass is 29.4. The Labute approximate surface area is 184 Å². The minimum absolute atomic E-state index is 0.901. The van der Waals surface area contributed by atoms with Crippen molar-refractivity contribution in [2.45, 2.75) is 140 Å². The second-order valence-corrected chi connectivity index (χ2v) is 63.9. The zero-order chi connectivity index (χ0) is 22.2. The lowest BCUT2D eigenvalue weighted by atomic mass is 10.3. The quantitative estimate of drug-likeness (QED) is 0.330. The van der Waals surface area contributed by atoms with Crippen LogP contribution in [-0.2, 0) is 0 Å². The molecule has 3 aliphatic rings. The maximum atomic E-state index is 2.98. The van der Waals surface area contributed by atoms with Gasteiger partial charge in [-0.3, -0.25) is 0 Å². The van der Waals surface area contributed by atoms with Gasteiger partial charge in [-0.1, -0.05) is 131 Å². The molecule has 0 aromatic heterocycles. The highest BCUT2D eigenvalue weighted by Gasteiger charge is 2.91. The Morgan fingerprint density at radius 1 is 0.393 bits per heavy atom. The molecule has 0 amide bonds. The molecule has 0 N–H and O–H groups in total. The summed E-state index contributed by atoms with van der Waals surface area (Å²) < 4.78 is 1.80. The molecular formula is C22H54Si6. The van der Waals surface area contributed by atoms with Crippen LogP contribution in [0, 0.1) is 0 Å². The van der Waals surface area contributed by atoms with Gasteiger partial charge in [0, 0.05) is 45.5 Å². The van der Waals surface area contributed by atoms with E-state index < -0.39 is 45.5 Å². The molecule has 0 unspecified atom stereocenters. The number of unbranched alkanes of at least 4 members (excludes halogenated alkanes) is 2. The van der Waals surface area contributed by atoms with Gasteiger partial charge in [-0.2, -0.15) is 0 Å². The van der Waals surface area contributed by atoms with E-state index in [-0.39, 0.29) is 0 Å². The third-order valence-corrected chi connectivity index (χ3v) is 104. The molecule has 28 heavy (non-hydrogen) atoms. The molecule has 3 heterocycles. The molecule has 0 aromatic carbocycles. The fraction of sp³-hybridized carbons (Fsp3) is 1.00. The molecule has 0 aromatic rings. The Bertz CT molecular complexity index is 488. The molecule has 0 aliphatic carbocycles. The average molecular weight is 487 g/mol. The van der Waals surface area contributed by atoms with Crippen molar-refractivity contribution in [2.75, 3.05) is 0 Å². The van der Waals surface area contributed by atoms with E-state index in [0.29, 0.717) is 0 Å². The second kappa shape index (κ2) is 6.90. The summed E-state index contributed by atoms with van der Waals surface area (Å²) >= 11 is 0. The molecule has 3 fully saturated rings. The van der Waals surface area contributed by atoms with Gasteiger partial charge in [0.15, 0.2) is 0 Å². The molecule has 6 heteroatoms. The topological polar surface area (TPSA) is 0 Å². The summed E-state index contributed by atoms with van der Waals surface area (Å²) in [6, 6.07) is 0. The van der Waals surface area contributed by atoms with E-state index in [1.807, 2.05) is 0 Å². The molecule has 3 rings (SSSR count). The maximum absolute atomic E-state index is 2.98. The van der Waals surface area contributed by atoms with Crippen molar-refractivity contribution in [2.24, 2.45) is 0 Å². The minimum Gasteiger partial charge on any atom is -0.0713 e. The van der Waals surface area contributed by atoms with Crippen LogP contribution in [-0.4, -0.2) is 45.5 Å². The lowest BCUT2D eigenvalue weighted by molar-refractivity contribution is 0.655. The normalized spacial score (nSPS) is 38.4. The van der Waals surface area contributed by atoms with Crippen LogP contribution in [0.3, 0.4) is 0 Å². The van der Waals surface area contributed by atoms with E-state index >= 15 is 0 Å². The molecule has 166 valence electrons. The van der Waals surface area contributed by atoms with Crippen molar-refractivity contribution in [3.63, 3.8) is 0 Å². The van der Waals surface area contributed by atoms with Gasteiger partial charge in [-0.05, 0) is 8.57 Å². The zero-order valence-electron chi connectivity index (χ0n) is 22.2. The van der Waals surface area contributed by atoms with E-state index in [4.69, 9.17) is 0 Å². The Hall–Kier alpha value is 1.30. The van der Waals surface area contributed by atoms with Gasteiger partial charge in [0.2, 0.25) is 0 Å². The van der Waals surface area contributed by atoms with Crippen LogP contribution < -0.4 is 0 Å². The molecule has 3 aliphatic heterocycles. The highest BCUT2D eigenvalue weighted by Crippen LogP contribution is 2.82. The van der Waals surface area contributed by atoms with Crippen molar-refractivity contribution in [3.8, 4) is 0 Å². The average Bonchev–Trinajstić information content (AvgIpc) is 2.52. The minimum atomic E-state index is -1.32. The third kappa shape index (κ3) is 2.22. The summed E-state index contributed by atoms with van der Waals surface area (Å²) in [6.45, 7) is 40.7. The number of hydrogen-bond acceptors (Lipinski definition) is 0. The lowest BCUT2D eigenvalue weighted by Gasteiger charge is -2.89. The Kier molecular flexibility index (Phi) is 6.30. The van der Waals surface area contributed by atoms with Crippen molar-refractivity contribution >= 4 is 45.5 Å². The van der Waals surface area contributed by atoms with Crippen molar-refractivity contribution in [3.05, 3.63) is 0 Å². The number of rotatable bonds is 6. The summed E-state index contributed by atoms with van der Waals surface area (Å²) in [5, 5.41) is 0.